The fourth-order valence-electron chi connectivity index (χ4n) is 2.51. The Morgan fingerprint density at radius 3 is 2.80 bits per heavy atom. The van der Waals surface area contributed by atoms with Gasteiger partial charge in [-0.05, 0) is 31.7 Å². The van der Waals surface area contributed by atoms with Gasteiger partial charge in [-0.2, -0.15) is 0 Å². The largest absolute Gasteiger partial charge is 0.478 e. The molecule has 1 atom stereocenters. The quantitative estimate of drug-likeness (QED) is 0.876. The Labute approximate surface area is 121 Å². The van der Waals surface area contributed by atoms with Crippen LogP contribution in [0.25, 0.3) is 0 Å². The first-order valence-corrected chi connectivity index (χ1v) is 7.61. The molecule has 20 heavy (non-hydrogen) atoms. The molecular formula is C14H19NO4S. The molecule has 0 saturated carbocycles. The minimum atomic E-state index is -0.987. The summed E-state index contributed by atoms with van der Waals surface area (Å²) in [6, 6.07) is 0. The maximum Gasteiger partial charge on any atom is 0.339 e. The highest BCUT2D eigenvalue weighted by Gasteiger charge is 2.24. The van der Waals surface area contributed by atoms with E-state index in [-0.39, 0.29) is 24.0 Å². The molecule has 1 saturated heterocycles. The van der Waals surface area contributed by atoms with E-state index in [0.29, 0.717) is 18.0 Å². The second-order valence-corrected chi connectivity index (χ2v) is 6.11. The number of ether oxygens (including phenoxy) is 1. The maximum absolute atomic E-state index is 12.0. The summed E-state index contributed by atoms with van der Waals surface area (Å²) in [6.45, 7) is 4.50. The highest BCUT2D eigenvalue weighted by molar-refractivity contribution is 7.16. The van der Waals surface area contributed by atoms with Crippen LogP contribution in [-0.4, -0.2) is 29.7 Å². The minimum absolute atomic E-state index is 0.0324. The zero-order valence-corrected chi connectivity index (χ0v) is 12.5. The molecule has 0 aliphatic carbocycles. The Bertz CT molecular complexity index is 517. The maximum atomic E-state index is 12.0. The summed E-state index contributed by atoms with van der Waals surface area (Å²) in [6.07, 6.45) is 2.78. The fraction of sp³-hybridized carbons (Fsp3) is 0.571. The number of hydrogen-bond acceptors (Lipinski definition) is 4. The van der Waals surface area contributed by atoms with Crippen LogP contribution < -0.4 is 5.32 Å². The summed E-state index contributed by atoms with van der Waals surface area (Å²) in [4.78, 5) is 24.3. The van der Waals surface area contributed by atoms with Crippen molar-refractivity contribution in [2.45, 2.75) is 45.6 Å². The van der Waals surface area contributed by atoms with Crippen LogP contribution in [0.3, 0.4) is 0 Å². The van der Waals surface area contributed by atoms with Crippen molar-refractivity contribution in [3.8, 4) is 0 Å². The van der Waals surface area contributed by atoms with Crippen LogP contribution in [0.15, 0.2) is 0 Å². The number of hydrogen-bond donors (Lipinski definition) is 2. The zero-order valence-electron chi connectivity index (χ0n) is 11.7. The average molecular weight is 297 g/mol. The van der Waals surface area contributed by atoms with E-state index < -0.39 is 5.97 Å². The Hall–Kier alpha value is -1.40. The third-order valence-electron chi connectivity index (χ3n) is 3.47. The lowest BCUT2D eigenvalue weighted by Crippen LogP contribution is -2.19. The van der Waals surface area contributed by atoms with E-state index in [0.717, 1.165) is 23.3 Å². The number of carbonyl (C=O) groups is 2. The van der Waals surface area contributed by atoms with Gasteiger partial charge in [-0.15, -0.1) is 11.3 Å². The number of carboxylic acids is 1. The van der Waals surface area contributed by atoms with Gasteiger partial charge in [-0.1, -0.05) is 6.92 Å². The molecule has 0 aromatic carbocycles. The Morgan fingerprint density at radius 2 is 2.25 bits per heavy atom. The lowest BCUT2D eigenvalue weighted by atomic mass is 10.1. The van der Waals surface area contributed by atoms with Gasteiger partial charge >= 0.3 is 5.97 Å². The van der Waals surface area contributed by atoms with Crippen LogP contribution in [0.4, 0.5) is 5.00 Å². The molecule has 2 heterocycles. The van der Waals surface area contributed by atoms with Crippen molar-refractivity contribution in [3.05, 3.63) is 16.0 Å². The lowest BCUT2D eigenvalue weighted by molar-refractivity contribution is -0.118. The molecule has 2 rings (SSSR count). The molecule has 6 heteroatoms. The summed E-state index contributed by atoms with van der Waals surface area (Å²) in [7, 11) is 0. The summed E-state index contributed by atoms with van der Waals surface area (Å²) < 4.78 is 5.42. The van der Waals surface area contributed by atoms with E-state index in [4.69, 9.17) is 4.74 Å². The van der Waals surface area contributed by atoms with Gasteiger partial charge in [-0.25, -0.2) is 4.79 Å². The van der Waals surface area contributed by atoms with Gasteiger partial charge in [0, 0.05) is 11.5 Å². The average Bonchev–Trinajstić information content (AvgIpc) is 2.96. The van der Waals surface area contributed by atoms with E-state index in [1.165, 1.54) is 11.3 Å². The third kappa shape index (κ3) is 3.19. The van der Waals surface area contributed by atoms with Crippen LogP contribution in [0.2, 0.25) is 0 Å². The summed E-state index contributed by atoms with van der Waals surface area (Å²) in [5.41, 5.74) is 1.03. The fourth-order valence-corrected chi connectivity index (χ4v) is 3.66. The zero-order chi connectivity index (χ0) is 14.7. The van der Waals surface area contributed by atoms with Crippen molar-refractivity contribution in [3.63, 3.8) is 0 Å². The van der Waals surface area contributed by atoms with Gasteiger partial charge < -0.3 is 15.2 Å². The van der Waals surface area contributed by atoms with Crippen molar-refractivity contribution in [2.24, 2.45) is 0 Å². The first-order valence-electron chi connectivity index (χ1n) is 6.80. The standard InChI is InChI=1S/C14H19NO4S/c1-3-10-8(2)20-13(12(10)14(17)18)15-11(16)7-9-5-4-6-19-9/h9H,3-7H2,1-2H3,(H,15,16)(H,17,18). The number of thiophene rings is 1. The number of rotatable bonds is 5. The van der Waals surface area contributed by atoms with Crippen LogP contribution in [-0.2, 0) is 16.0 Å². The van der Waals surface area contributed by atoms with Crippen LogP contribution >= 0.6 is 11.3 Å². The number of aromatic carboxylic acids is 1. The minimum Gasteiger partial charge on any atom is -0.478 e. The van der Waals surface area contributed by atoms with E-state index in [1.807, 2.05) is 13.8 Å². The summed E-state index contributed by atoms with van der Waals surface area (Å²) in [5.74, 6) is -1.16. The monoisotopic (exact) mass is 297 g/mol. The number of carboxylic acid groups (broad SMARTS) is 1. The molecule has 0 bridgehead atoms. The Kier molecular flexibility index (Phi) is 4.77. The SMILES string of the molecule is CCc1c(C)sc(NC(=O)CC2CCCO2)c1C(=O)O. The van der Waals surface area contributed by atoms with Crippen LogP contribution in [0.1, 0.15) is 47.0 Å². The normalized spacial score (nSPS) is 18.2. The lowest BCUT2D eigenvalue weighted by Gasteiger charge is -2.09. The molecule has 110 valence electrons. The molecule has 0 radical (unpaired) electrons. The highest BCUT2D eigenvalue weighted by atomic mass is 32.1. The van der Waals surface area contributed by atoms with Gasteiger partial charge in [-0.3, -0.25) is 4.79 Å². The predicted molar refractivity (Wildman–Crippen MR) is 77.6 cm³/mol. The second kappa shape index (κ2) is 6.37. The smallest absolute Gasteiger partial charge is 0.339 e. The molecule has 1 aromatic rings. The van der Waals surface area contributed by atoms with Crippen molar-refractivity contribution in [1.82, 2.24) is 0 Å². The molecule has 1 amide bonds. The van der Waals surface area contributed by atoms with E-state index >= 15 is 0 Å². The van der Waals surface area contributed by atoms with Gasteiger partial charge in [0.2, 0.25) is 5.91 Å². The van der Waals surface area contributed by atoms with E-state index in [2.05, 4.69) is 5.32 Å². The van der Waals surface area contributed by atoms with Gasteiger partial charge in [0.05, 0.1) is 18.1 Å². The molecule has 1 fully saturated rings. The molecule has 0 spiro atoms. The molecule has 1 aliphatic heterocycles. The first-order chi connectivity index (χ1) is 9.52. The Morgan fingerprint density at radius 1 is 1.50 bits per heavy atom. The molecular weight excluding hydrogens is 278 g/mol. The van der Waals surface area contributed by atoms with Crippen LogP contribution in [0.5, 0.6) is 0 Å². The van der Waals surface area contributed by atoms with Crippen molar-refractivity contribution >= 4 is 28.2 Å². The van der Waals surface area contributed by atoms with Crippen LogP contribution in [0, 0.1) is 6.92 Å². The molecule has 2 N–H and O–H groups in total. The van der Waals surface area contributed by atoms with E-state index in [1.54, 1.807) is 0 Å². The third-order valence-corrected chi connectivity index (χ3v) is 4.53. The summed E-state index contributed by atoms with van der Waals surface area (Å²) in [5, 5.41) is 12.5. The van der Waals surface area contributed by atoms with Crippen molar-refractivity contribution in [2.75, 3.05) is 11.9 Å². The number of anilines is 1. The molecule has 1 aromatic heterocycles. The van der Waals surface area contributed by atoms with Crippen molar-refractivity contribution in [1.29, 1.82) is 0 Å². The topological polar surface area (TPSA) is 75.6 Å². The second-order valence-electron chi connectivity index (χ2n) is 4.89. The number of carbonyl (C=O) groups excluding carboxylic acids is 1. The predicted octanol–water partition coefficient (Wildman–Crippen LogP) is 2.82. The number of amides is 1. The first kappa shape index (κ1) is 15.0. The number of nitrogens with one attached hydrogen (secondary N) is 1. The molecule has 1 unspecified atom stereocenters. The van der Waals surface area contributed by atoms with Gasteiger partial charge in [0.1, 0.15) is 5.00 Å². The molecule has 5 nitrogen and oxygen atoms in total. The van der Waals surface area contributed by atoms with E-state index in [9.17, 15) is 14.7 Å². The summed E-state index contributed by atoms with van der Waals surface area (Å²) >= 11 is 1.33. The van der Waals surface area contributed by atoms with Gasteiger partial charge in [0.25, 0.3) is 0 Å². The number of aryl methyl sites for hydroxylation is 1. The highest BCUT2D eigenvalue weighted by Crippen LogP contribution is 2.33. The molecule has 1 aliphatic rings. The Balaban J connectivity index is 2.12. The van der Waals surface area contributed by atoms with Gasteiger partial charge in [0.15, 0.2) is 0 Å². The van der Waals surface area contributed by atoms with Crippen molar-refractivity contribution < 1.29 is 19.4 Å².